The molecule has 0 radical (unpaired) electrons. The Bertz CT molecular complexity index is 677. The first-order chi connectivity index (χ1) is 10.1. The summed E-state index contributed by atoms with van der Waals surface area (Å²) >= 11 is 0. The summed E-state index contributed by atoms with van der Waals surface area (Å²) in [5.41, 5.74) is 3.06. The highest BCUT2D eigenvalue weighted by molar-refractivity contribution is 5.52. The van der Waals surface area contributed by atoms with Crippen molar-refractivity contribution in [3.05, 3.63) is 23.5 Å². The van der Waals surface area contributed by atoms with Crippen molar-refractivity contribution in [1.82, 2.24) is 19.5 Å². The Kier molecular flexibility index (Phi) is 2.92. The number of aryl methyl sites for hydroxylation is 2. The number of nitrogens with zero attached hydrogens (tertiary/aromatic N) is 5. The van der Waals surface area contributed by atoms with E-state index < -0.39 is 0 Å². The van der Waals surface area contributed by atoms with Crippen molar-refractivity contribution in [3.8, 4) is 0 Å². The monoisotopic (exact) mass is 285 g/mol. The molecular weight excluding hydrogens is 262 g/mol. The van der Waals surface area contributed by atoms with E-state index in [1.807, 2.05) is 11.4 Å². The van der Waals surface area contributed by atoms with Crippen LogP contribution in [-0.4, -0.2) is 51.7 Å². The van der Waals surface area contributed by atoms with Crippen LogP contribution in [0, 0.1) is 13.8 Å². The second-order valence-electron chi connectivity index (χ2n) is 6.60. The number of likely N-dealkylation sites (N-methyl/N-ethyl adjacent to an activating group) is 1. The third-order valence-electron chi connectivity index (χ3n) is 5.13. The molecule has 112 valence electrons. The number of fused-ring (bicyclic) bond motifs is 3. The Hall–Kier alpha value is -1.62. The lowest BCUT2D eigenvalue weighted by Crippen LogP contribution is -2.37. The summed E-state index contributed by atoms with van der Waals surface area (Å²) in [4.78, 5) is 9.69. The van der Waals surface area contributed by atoms with E-state index >= 15 is 0 Å². The molecule has 2 aromatic heterocycles. The van der Waals surface area contributed by atoms with Gasteiger partial charge in [-0.05, 0) is 40.2 Å². The van der Waals surface area contributed by atoms with Crippen LogP contribution in [0.4, 0.5) is 5.82 Å². The molecule has 0 N–H and O–H groups in total. The second kappa shape index (κ2) is 4.70. The molecule has 5 nitrogen and oxygen atoms in total. The van der Waals surface area contributed by atoms with Crippen LogP contribution in [0.1, 0.15) is 30.7 Å². The molecule has 0 aromatic carbocycles. The van der Waals surface area contributed by atoms with Gasteiger partial charge in [-0.3, -0.25) is 4.90 Å². The lowest BCUT2D eigenvalue weighted by Gasteiger charge is -2.27. The van der Waals surface area contributed by atoms with Crippen LogP contribution in [0.15, 0.2) is 12.1 Å². The van der Waals surface area contributed by atoms with E-state index in [1.165, 1.54) is 25.1 Å². The standard InChI is InChI=1S/C16H23N5/c1-11-9-16(21-15(17-11)8-12(2)18-21)20-7-6-13-4-5-14(10-20)19(13)3/h8-9,13-14H,4-7,10H2,1-3H3/t13-,14+/m0/s1. The largest absolute Gasteiger partial charge is 0.355 e. The fourth-order valence-corrected chi connectivity index (χ4v) is 3.94. The minimum atomic E-state index is 0.678. The highest BCUT2D eigenvalue weighted by Gasteiger charge is 2.35. The lowest BCUT2D eigenvalue weighted by molar-refractivity contribution is 0.254. The van der Waals surface area contributed by atoms with Gasteiger partial charge in [-0.25, -0.2) is 4.98 Å². The molecule has 0 saturated carbocycles. The predicted octanol–water partition coefficient (Wildman–Crippen LogP) is 2.02. The fraction of sp³-hybridized carbons (Fsp3) is 0.625. The van der Waals surface area contributed by atoms with Crippen LogP contribution in [0.2, 0.25) is 0 Å². The third-order valence-corrected chi connectivity index (χ3v) is 5.13. The molecule has 2 aliphatic rings. The van der Waals surface area contributed by atoms with E-state index in [0.29, 0.717) is 6.04 Å². The normalized spacial score (nSPS) is 26.5. The van der Waals surface area contributed by atoms with E-state index in [4.69, 9.17) is 0 Å². The molecule has 4 heterocycles. The maximum Gasteiger partial charge on any atom is 0.157 e. The van der Waals surface area contributed by atoms with E-state index in [1.54, 1.807) is 0 Å². The molecule has 2 bridgehead atoms. The molecule has 2 fully saturated rings. The van der Waals surface area contributed by atoms with Gasteiger partial charge in [0.05, 0.1) is 5.69 Å². The molecule has 5 heteroatoms. The van der Waals surface area contributed by atoms with Crippen LogP contribution in [0.5, 0.6) is 0 Å². The Labute approximate surface area is 125 Å². The molecule has 0 amide bonds. The zero-order valence-corrected chi connectivity index (χ0v) is 13.1. The summed E-state index contributed by atoms with van der Waals surface area (Å²) in [5.74, 6) is 1.20. The van der Waals surface area contributed by atoms with Gasteiger partial charge in [0, 0.05) is 43.0 Å². The van der Waals surface area contributed by atoms with Crippen LogP contribution >= 0.6 is 0 Å². The van der Waals surface area contributed by atoms with Crippen molar-refractivity contribution < 1.29 is 0 Å². The fourth-order valence-electron chi connectivity index (χ4n) is 3.94. The summed E-state index contributed by atoms with van der Waals surface area (Å²) < 4.78 is 2.02. The maximum atomic E-state index is 4.64. The summed E-state index contributed by atoms with van der Waals surface area (Å²) in [6, 6.07) is 5.68. The van der Waals surface area contributed by atoms with Gasteiger partial charge in [0.25, 0.3) is 0 Å². The van der Waals surface area contributed by atoms with Gasteiger partial charge in [-0.2, -0.15) is 9.61 Å². The average Bonchev–Trinajstić information content (AvgIpc) is 2.89. The van der Waals surface area contributed by atoms with Gasteiger partial charge in [-0.1, -0.05) is 0 Å². The Balaban J connectivity index is 1.76. The molecule has 0 aliphatic carbocycles. The first-order valence-corrected chi connectivity index (χ1v) is 7.93. The second-order valence-corrected chi connectivity index (χ2v) is 6.60. The molecule has 21 heavy (non-hydrogen) atoms. The van der Waals surface area contributed by atoms with Crippen molar-refractivity contribution >= 4 is 11.5 Å². The maximum absolute atomic E-state index is 4.64. The van der Waals surface area contributed by atoms with Gasteiger partial charge >= 0.3 is 0 Å². The summed E-state index contributed by atoms with van der Waals surface area (Å²) in [5, 5.41) is 4.64. The smallest absolute Gasteiger partial charge is 0.157 e. The molecule has 2 atom stereocenters. The third kappa shape index (κ3) is 2.11. The first-order valence-electron chi connectivity index (χ1n) is 7.93. The molecule has 0 spiro atoms. The topological polar surface area (TPSA) is 36.7 Å². The van der Waals surface area contributed by atoms with Gasteiger partial charge in [-0.15, -0.1) is 0 Å². The van der Waals surface area contributed by atoms with E-state index in [9.17, 15) is 0 Å². The number of hydrogen-bond acceptors (Lipinski definition) is 4. The Morgan fingerprint density at radius 1 is 1.05 bits per heavy atom. The van der Waals surface area contributed by atoms with Crippen molar-refractivity contribution in [1.29, 1.82) is 0 Å². The van der Waals surface area contributed by atoms with Crippen LogP contribution < -0.4 is 4.90 Å². The van der Waals surface area contributed by atoms with Crippen molar-refractivity contribution in [2.45, 2.75) is 45.2 Å². The minimum absolute atomic E-state index is 0.678. The number of aromatic nitrogens is 3. The predicted molar refractivity (Wildman–Crippen MR) is 83.9 cm³/mol. The summed E-state index contributed by atoms with van der Waals surface area (Å²) in [7, 11) is 2.29. The van der Waals surface area contributed by atoms with Crippen LogP contribution in [0.25, 0.3) is 5.65 Å². The summed E-state index contributed by atoms with van der Waals surface area (Å²) in [6.45, 7) is 6.32. The SMILES string of the molecule is Cc1cc(N2CC[C@@H]3CC[C@H](C2)N3C)n2nc(C)cc2n1. The van der Waals surface area contributed by atoms with E-state index in [-0.39, 0.29) is 0 Å². The van der Waals surface area contributed by atoms with Crippen molar-refractivity contribution in [3.63, 3.8) is 0 Å². The van der Waals surface area contributed by atoms with E-state index in [2.05, 4.69) is 46.0 Å². The molecule has 2 aromatic rings. The highest BCUT2D eigenvalue weighted by Crippen LogP contribution is 2.31. The summed E-state index contributed by atoms with van der Waals surface area (Å²) in [6.07, 6.45) is 3.93. The van der Waals surface area contributed by atoms with Crippen molar-refractivity contribution in [2.75, 3.05) is 25.0 Å². The zero-order valence-electron chi connectivity index (χ0n) is 13.1. The van der Waals surface area contributed by atoms with Gasteiger partial charge < -0.3 is 4.90 Å². The zero-order chi connectivity index (χ0) is 14.6. The molecule has 4 rings (SSSR count). The van der Waals surface area contributed by atoms with Crippen LogP contribution in [-0.2, 0) is 0 Å². The Morgan fingerprint density at radius 3 is 2.71 bits per heavy atom. The van der Waals surface area contributed by atoms with Crippen molar-refractivity contribution in [2.24, 2.45) is 0 Å². The van der Waals surface area contributed by atoms with Crippen LogP contribution in [0.3, 0.4) is 0 Å². The first kappa shape index (κ1) is 13.1. The molecule has 2 aliphatic heterocycles. The lowest BCUT2D eigenvalue weighted by atomic mass is 10.1. The van der Waals surface area contributed by atoms with Gasteiger partial charge in [0.15, 0.2) is 5.65 Å². The highest BCUT2D eigenvalue weighted by atomic mass is 15.4. The van der Waals surface area contributed by atoms with Gasteiger partial charge in [0.1, 0.15) is 5.82 Å². The average molecular weight is 285 g/mol. The minimum Gasteiger partial charge on any atom is -0.355 e. The van der Waals surface area contributed by atoms with E-state index in [0.717, 1.165) is 36.2 Å². The number of hydrogen-bond donors (Lipinski definition) is 0. The Morgan fingerprint density at radius 2 is 1.86 bits per heavy atom. The number of anilines is 1. The molecular formula is C16H23N5. The number of rotatable bonds is 1. The molecule has 0 unspecified atom stereocenters. The van der Waals surface area contributed by atoms with Gasteiger partial charge in [0.2, 0.25) is 0 Å². The quantitative estimate of drug-likeness (QED) is 0.803. The molecule has 2 saturated heterocycles.